The van der Waals surface area contributed by atoms with Crippen molar-refractivity contribution in [3.05, 3.63) is 0 Å². The summed E-state index contributed by atoms with van der Waals surface area (Å²) in [6, 6.07) is -0.730. The molecule has 0 unspecified atom stereocenters. The number of hydrogen-bond acceptors (Lipinski definition) is 4. The van der Waals surface area contributed by atoms with Gasteiger partial charge in [0.25, 0.3) is 0 Å². The Labute approximate surface area is 115 Å². The number of esters is 1. The number of carbonyl (C=O) groups is 2. The molecular weight excluding hydrogens is 248 g/mol. The molecule has 0 bridgehead atoms. The first-order chi connectivity index (χ1) is 8.44. The van der Waals surface area contributed by atoms with E-state index < -0.39 is 29.3 Å². The zero-order chi connectivity index (χ0) is 15.3. The maximum atomic E-state index is 11.9. The lowest BCUT2D eigenvalue weighted by Gasteiger charge is -2.25. The molecule has 0 radical (unpaired) electrons. The molecule has 0 saturated heterocycles. The number of carbonyl (C=O) groups excluding carboxylic acids is 2. The standard InChI is InChI=1S/C13H26N2O4/c1-12(2,3)18-10(16)9(7-8-14)15-11(17)19-13(4,5)6/h9H,7-8,14H2,1-6H3,(H,15,17)/p+1/t9-/m0/s1. The average Bonchev–Trinajstić information content (AvgIpc) is 2.10. The van der Waals surface area contributed by atoms with Crippen LogP contribution in [0.5, 0.6) is 0 Å². The second-order valence-electron chi connectivity index (χ2n) is 6.37. The molecule has 0 saturated carbocycles. The van der Waals surface area contributed by atoms with Crippen LogP contribution >= 0.6 is 0 Å². The van der Waals surface area contributed by atoms with Crippen molar-refractivity contribution in [2.45, 2.75) is 65.2 Å². The second-order valence-corrected chi connectivity index (χ2v) is 6.37. The van der Waals surface area contributed by atoms with Gasteiger partial charge < -0.3 is 20.5 Å². The van der Waals surface area contributed by atoms with E-state index in [2.05, 4.69) is 11.1 Å². The minimum absolute atomic E-state index is 0.411. The third-order valence-electron chi connectivity index (χ3n) is 1.88. The van der Waals surface area contributed by atoms with Gasteiger partial charge in [-0.15, -0.1) is 0 Å². The third kappa shape index (κ3) is 9.30. The van der Waals surface area contributed by atoms with Crippen molar-refractivity contribution in [2.24, 2.45) is 0 Å². The molecule has 0 heterocycles. The number of hydrogen-bond donors (Lipinski definition) is 2. The van der Waals surface area contributed by atoms with Crippen molar-refractivity contribution >= 4 is 12.1 Å². The molecule has 6 heteroatoms. The molecule has 0 rings (SSSR count). The summed E-state index contributed by atoms with van der Waals surface area (Å²) in [4.78, 5) is 23.6. The van der Waals surface area contributed by atoms with Gasteiger partial charge in [-0.05, 0) is 41.5 Å². The molecule has 1 atom stereocenters. The Kier molecular flexibility index (Phi) is 6.29. The summed E-state index contributed by atoms with van der Waals surface area (Å²) < 4.78 is 10.4. The molecule has 0 aliphatic carbocycles. The van der Waals surface area contributed by atoms with Gasteiger partial charge in [0.05, 0.1) is 6.54 Å². The van der Waals surface area contributed by atoms with Crippen LogP contribution in [-0.4, -0.2) is 35.9 Å². The summed E-state index contributed by atoms with van der Waals surface area (Å²) in [5.41, 5.74) is 2.49. The Morgan fingerprint density at radius 2 is 1.53 bits per heavy atom. The summed E-state index contributed by atoms with van der Waals surface area (Å²) in [6.45, 7) is 11.1. The molecule has 0 aliphatic rings. The van der Waals surface area contributed by atoms with E-state index in [-0.39, 0.29) is 0 Å². The predicted octanol–water partition coefficient (Wildman–Crippen LogP) is 0.853. The Hall–Kier alpha value is -1.30. The van der Waals surface area contributed by atoms with E-state index in [4.69, 9.17) is 9.47 Å². The maximum Gasteiger partial charge on any atom is 0.408 e. The number of rotatable bonds is 4. The van der Waals surface area contributed by atoms with Crippen molar-refractivity contribution in [1.29, 1.82) is 0 Å². The lowest BCUT2D eigenvalue weighted by Crippen LogP contribution is -2.55. The normalized spacial score (nSPS) is 13.6. The van der Waals surface area contributed by atoms with Crippen molar-refractivity contribution in [3.8, 4) is 0 Å². The van der Waals surface area contributed by atoms with E-state index in [1.54, 1.807) is 41.5 Å². The first-order valence-electron chi connectivity index (χ1n) is 6.46. The Morgan fingerprint density at radius 3 is 1.89 bits per heavy atom. The molecule has 0 fully saturated rings. The van der Waals surface area contributed by atoms with Crippen LogP contribution in [0, 0.1) is 0 Å². The summed E-state index contributed by atoms with van der Waals surface area (Å²) in [6.07, 6.45) is -0.217. The molecular formula is C13H27N2O4+. The SMILES string of the molecule is CC(C)(C)OC(=O)N[C@@H](CC[NH3+])C(=O)OC(C)(C)C. The summed E-state index contributed by atoms with van der Waals surface area (Å²) in [5.74, 6) is -0.470. The zero-order valence-electron chi connectivity index (χ0n) is 12.8. The predicted molar refractivity (Wildman–Crippen MR) is 71.4 cm³/mol. The van der Waals surface area contributed by atoms with Crippen molar-refractivity contribution in [3.63, 3.8) is 0 Å². The fourth-order valence-electron chi connectivity index (χ4n) is 1.28. The fraction of sp³-hybridized carbons (Fsp3) is 0.846. The Morgan fingerprint density at radius 1 is 1.05 bits per heavy atom. The third-order valence-corrected chi connectivity index (χ3v) is 1.88. The number of nitrogens with one attached hydrogen (secondary N) is 1. The van der Waals surface area contributed by atoms with Gasteiger partial charge in [0.2, 0.25) is 0 Å². The topological polar surface area (TPSA) is 92.3 Å². The highest BCUT2D eigenvalue weighted by Crippen LogP contribution is 2.11. The molecule has 19 heavy (non-hydrogen) atoms. The number of amides is 1. The van der Waals surface area contributed by atoms with Gasteiger partial charge in [-0.3, -0.25) is 0 Å². The molecule has 6 nitrogen and oxygen atoms in total. The first-order valence-corrected chi connectivity index (χ1v) is 6.46. The second kappa shape index (κ2) is 6.75. The van der Waals surface area contributed by atoms with Gasteiger partial charge in [-0.25, -0.2) is 9.59 Å². The molecule has 0 aromatic heterocycles. The first kappa shape index (κ1) is 17.7. The highest BCUT2D eigenvalue weighted by molar-refractivity contribution is 5.81. The van der Waals surface area contributed by atoms with Crippen LogP contribution in [0.2, 0.25) is 0 Å². The zero-order valence-corrected chi connectivity index (χ0v) is 12.8. The molecule has 112 valence electrons. The lowest BCUT2D eigenvalue weighted by molar-refractivity contribution is -0.369. The van der Waals surface area contributed by atoms with Crippen molar-refractivity contribution in [1.82, 2.24) is 5.32 Å². The van der Waals surface area contributed by atoms with Gasteiger partial charge in [-0.2, -0.15) is 0 Å². The van der Waals surface area contributed by atoms with E-state index in [0.717, 1.165) is 0 Å². The van der Waals surface area contributed by atoms with Gasteiger partial charge >= 0.3 is 12.1 Å². The molecule has 0 spiro atoms. The van der Waals surface area contributed by atoms with E-state index in [0.29, 0.717) is 13.0 Å². The van der Waals surface area contributed by atoms with Crippen LogP contribution in [0.25, 0.3) is 0 Å². The number of quaternary nitrogens is 1. The van der Waals surface area contributed by atoms with E-state index in [1.165, 1.54) is 0 Å². The molecule has 0 aromatic rings. The Bertz CT molecular complexity index is 316. The number of alkyl carbamates (subject to hydrolysis) is 1. The van der Waals surface area contributed by atoms with Gasteiger partial charge in [0.15, 0.2) is 0 Å². The monoisotopic (exact) mass is 275 g/mol. The van der Waals surface area contributed by atoms with Crippen LogP contribution in [0.3, 0.4) is 0 Å². The van der Waals surface area contributed by atoms with Crippen LogP contribution < -0.4 is 11.1 Å². The minimum atomic E-state index is -0.730. The van der Waals surface area contributed by atoms with E-state index in [1.807, 2.05) is 0 Å². The highest BCUT2D eigenvalue weighted by Gasteiger charge is 2.28. The smallest absolute Gasteiger partial charge is 0.408 e. The summed E-state index contributed by atoms with van der Waals surface area (Å²) in [7, 11) is 0. The number of ether oxygens (including phenoxy) is 2. The van der Waals surface area contributed by atoms with Crippen LogP contribution in [0.15, 0.2) is 0 Å². The van der Waals surface area contributed by atoms with Gasteiger partial charge in [0.1, 0.15) is 17.2 Å². The lowest BCUT2D eigenvalue weighted by atomic mass is 10.1. The van der Waals surface area contributed by atoms with Gasteiger partial charge in [0, 0.05) is 6.42 Å². The van der Waals surface area contributed by atoms with E-state index in [9.17, 15) is 9.59 Å². The van der Waals surface area contributed by atoms with Gasteiger partial charge in [-0.1, -0.05) is 0 Å². The van der Waals surface area contributed by atoms with Crippen molar-refractivity contribution in [2.75, 3.05) is 6.54 Å². The van der Waals surface area contributed by atoms with E-state index >= 15 is 0 Å². The average molecular weight is 275 g/mol. The van der Waals surface area contributed by atoms with Crippen molar-refractivity contribution < 1.29 is 24.8 Å². The molecule has 0 aliphatic heterocycles. The quantitative estimate of drug-likeness (QED) is 0.744. The molecule has 4 N–H and O–H groups in total. The molecule has 0 aromatic carbocycles. The van der Waals surface area contributed by atoms with Crippen LogP contribution in [-0.2, 0) is 14.3 Å². The molecule has 1 amide bonds. The summed E-state index contributed by atoms with van der Waals surface area (Å²) in [5, 5.41) is 2.52. The maximum absolute atomic E-state index is 11.9. The highest BCUT2D eigenvalue weighted by atomic mass is 16.6. The van der Waals surface area contributed by atoms with Crippen LogP contribution in [0.1, 0.15) is 48.0 Å². The summed E-state index contributed by atoms with van der Waals surface area (Å²) >= 11 is 0. The minimum Gasteiger partial charge on any atom is -0.458 e. The fourth-order valence-corrected chi connectivity index (χ4v) is 1.28. The van der Waals surface area contributed by atoms with Crippen LogP contribution in [0.4, 0.5) is 4.79 Å². The largest absolute Gasteiger partial charge is 0.458 e. The Balaban J connectivity index is 4.57.